The Hall–Kier alpha value is -2.17. The van der Waals surface area contributed by atoms with Gasteiger partial charge in [0.25, 0.3) is 0 Å². The zero-order chi connectivity index (χ0) is 16.9. The van der Waals surface area contributed by atoms with E-state index in [1.165, 1.54) is 0 Å². The molecule has 0 aliphatic heterocycles. The molecule has 1 amide bonds. The molecule has 2 aromatic rings. The number of rotatable bonds is 6. The van der Waals surface area contributed by atoms with Crippen molar-refractivity contribution in [1.82, 2.24) is 14.8 Å². The largest absolute Gasteiger partial charge is 0.311 e. The Kier molecular flexibility index (Phi) is 5.53. The predicted molar refractivity (Wildman–Crippen MR) is 92.8 cm³/mol. The molecular formula is C18H26N4O. The first-order valence-corrected chi connectivity index (χ1v) is 8.23. The maximum Gasteiger partial charge on any atom is 0.225 e. The van der Waals surface area contributed by atoms with Gasteiger partial charge in [-0.25, -0.2) is 4.98 Å². The lowest BCUT2D eigenvalue weighted by atomic mass is 9.92. The van der Waals surface area contributed by atoms with Gasteiger partial charge in [-0.15, -0.1) is 0 Å². The molecule has 0 aliphatic carbocycles. The van der Waals surface area contributed by atoms with Crippen LogP contribution in [0.4, 0.5) is 5.82 Å². The van der Waals surface area contributed by atoms with E-state index < -0.39 is 0 Å². The number of hydrogen-bond acceptors (Lipinski definition) is 3. The average Bonchev–Trinajstić information content (AvgIpc) is 2.92. The van der Waals surface area contributed by atoms with Crippen molar-refractivity contribution in [1.29, 1.82) is 0 Å². The highest BCUT2D eigenvalue weighted by atomic mass is 16.1. The molecule has 23 heavy (non-hydrogen) atoms. The molecular weight excluding hydrogens is 288 g/mol. The minimum Gasteiger partial charge on any atom is -0.311 e. The Morgan fingerprint density at radius 2 is 2.04 bits per heavy atom. The van der Waals surface area contributed by atoms with Gasteiger partial charge in [-0.1, -0.05) is 46.6 Å². The van der Waals surface area contributed by atoms with Crippen LogP contribution in [0.25, 0.3) is 5.82 Å². The second-order valence-electron chi connectivity index (χ2n) is 6.77. The van der Waals surface area contributed by atoms with Gasteiger partial charge in [-0.3, -0.25) is 4.79 Å². The van der Waals surface area contributed by atoms with Crippen LogP contribution in [0.5, 0.6) is 0 Å². The maximum absolute atomic E-state index is 12.2. The molecule has 0 unspecified atom stereocenters. The number of nitrogens with one attached hydrogen (secondary N) is 1. The van der Waals surface area contributed by atoms with Crippen molar-refractivity contribution >= 4 is 11.7 Å². The molecule has 5 heteroatoms. The lowest BCUT2D eigenvalue weighted by Crippen LogP contribution is -2.15. The van der Waals surface area contributed by atoms with Gasteiger partial charge in [0.2, 0.25) is 5.91 Å². The number of pyridine rings is 1. The third kappa shape index (κ3) is 4.65. The molecule has 124 valence electrons. The fourth-order valence-electron chi connectivity index (χ4n) is 2.23. The fraction of sp³-hybridized carbons (Fsp3) is 0.500. The number of nitrogens with zero attached hydrogens (tertiary/aromatic N) is 3. The lowest BCUT2D eigenvalue weighted by Gasteiger charge is -2.13. The molecule has 0 saturated heterocycles. The summed E-state index contributed by atoms with van der Waals surface area (Å²) in [6, 6.07) is 7.59. The smallest absolute Gasteiger partial charge is 0.225 e. The number of unbranched alkanes of at least 4 members (excludes halogenated alkanes) is 2. The molecule has 5 nitrogen and oxygen atoms in total. The van der Waals surface area contributed by atoms with Crippen molar-refractivity contribution in [3.63, 3.8) is 0 Å². The monoisotopic (exact) mass is 314 g/mol. The molecule has 2 aromatic heterocycles. The maximum atomic E-state index is 12.2. The van der Waals surface area contributed by atoms with Crippen LogP contribution in [0.2, 0.25) is 0 Å². The quantitative estimate of drug-likeness (QED) is 0.817. The minimum atomic E-state index is -0.0955. The second-order valence-corrected chi connectivity index (χ2v) is 6.77. The molecule has 1 N–H and O–H groups in total. The Labute approximate surface area is 138 Å². The fourth-order valence-corrected chi connectivity index (χ4v) is 2.23. The van der Waals surface area contributed by atoms with E-state index in [4.69, 9.17) is 0 Å². The first-order chi connectivity index (χ1) is 10.9. The lowest BCUT2D eigenvalue weighted by molar-refractivity contribution is -0.116. The molecule has 0 atom stereocenters. The summed E-state index contributed by atoms with van der Waals surface area (Å²) in [6.07, 6.45) is 5.34. The summed E-state index contributed by atoms with van der Waals surface area (Å²) in [5.41, 5.74) is 0.828. The van der Waals surface area contributed by atoms with Gasteiger partial charge in [0.1, 0.15) is 5.82 Å². The van der Waals surface area contributed by atoms with Crippen LogP contribution < -0.4 is 5.32 Å². The highest BCUT2D eigenvalue weighted by molar-refractivity contribution is 5.90. The van der Waals surface area contributed by atoms with Gasteiger partial charge in [0.15, 0.2) is 5.82 Å². The zero-order valence-corrected chi connectivity index (χ0v) is 14.5. The van der Waals surface area contributed by atoms with Gasteiger partial charge >= 0.3 is 0 Å². The number of anilines is 1. The van der Waals surface area contributed by atoms with E-state index in [9.17, 15) is 4.79 Å². The predicted octanol–water partition coefficient (Wildman–Crippen LogP) is 4.08. The topological polar surface area (TPSA) is 59.8 Å². The van der Waals surface area contributed by atoms with Crippen LogP contribution in [0.1, 0.15) is 59.1 Å². The zero-order valence-electron chi connectivity index (χ0n) is 14.5. The van der Waals surface area contributed by atoms with E-state index in [0.29, 0.717) is 18.1 Å². The van der Waals surface area contributed by atoms with Crippen molar-refractivity contribution in [3.8, 4) is 5.82 Å². The van der Waals surface area contributed by atoms with E-state index in [1.54, 1.807) is 10.9 Å². The number of amides is 1. The van der Waals surface area contributed by atoms with Crippen molar-refractivity contribution in [2.45, 2.75) is 58.8 Å². The standard InChI is InChI=1S/C18H26N4O/c1-5-6-7-11-17(23)20-16-13-14(18(2,3)4)21-22(16)15-10-8-9-12-19-15/h8-10,12-13H,5-7,11H2,1-4H3,(H,20,23). The van der Waals surface area contributed by atoms with Gasteiger partial charge < -0.3 is 5.32 Å². The van der Waals surface area contributed by atoms with Crippen molar-refractivity contribution < 1.29 is 4.79 Å². The molecule has 0 fully saturated rings. The number of hydrogen-bond donors (Lipinski definition) is 1. The summed E-state index contributed by atoms with van der Waals surface area (Å²) in [4.78, 5) is 16.5. The van der Waals surface area contributed by atoms with Crippen LogP contribution >= 0.6 is 0 Å². The minimum absolute atomic E-state index is 0.0241. The van der Waals surface area contributed by atoms with E-state index in [1.807, 2.05) is 24.3 Å². The average molecular weight is 314 g/mol. The molecule has 0 aliphatic rings. The molecule has 2 heterocycles. The normalized spacial score (nSPS) is 11.5. The summed E-state index contributed by atoms with van der Waals surface area (Å²) < 4.78 is 1.71. The van der Waals surface area contributed by atoms with Crippen LogP contribution in [0.3, 0.4) is 0 Å². The summed E-state index contributed by atoms with van der Waals surface area (Å²) in [5.74, 6) is 1.40. The van der Waals surface area contributed by atoms with Gasteiger partial charge in [0.05, 0.1) is 5.69 Å². The van der Waals surface area contributed by atoms with E-state index in [2.05, 4.69) is 43.1 Å². The highest BCUT2D eigenvalue weighted by Crippen LogP contribution is 2.25. The van der Waals surface area contributed by atoms with Crippen molar-refractivity contribution in [2.75, 3.05) is 5.32 Å². The second kappa shape index (κ2) is 7.40. The van der Waals surface area contributed by atoms with Crippen LogP contribution in [0, 0.1) is 0 Å². The van der Waals surface area contributed by atoms with Gasteiger partial charge in [0, 0.05) is 24.1 Å². The third-order valence-corrected chi connectivity index (χ3v) is 3.62. The number of carbonyl (C=O) groups excluding carboxylic acids is 1. The van der Waals surface area contributed by atoms with Gasteiger partial charge in [-0.05, 0) is 18.6 Å². The molecule has 0 radical (unpaired) electrons. The van der Waals surface area contributed by atoms with Crippen molar-refractivity contribution in [2.24, 2.45) is 0 Å². The molecule has 0 aromatic carbocycles. The summed E-state index contributed by atoms with van der Waals surface area (Å²) in [5, 5.41) is 7.62. The van der Waals surface area contributed by atoms with Crippen LogP contribution in [0.15, 0.2) is 30.5 Å². The first kappa shape index (κ1) is 17.2. The Balaban J connectivity index is 2.26. The summed E-state index contributed by atoms with van der Waals surface area (Å²) in [7, 11) is 0. The third-order valence-electron chi connectivity index (χ3n) is 3.62. The van der Waals surface area contributed by atoms with Crippen LogP contribution in [-0.4, -0.2) is 20.7 Å². The molecule has 0 spiro atoms. The van der Waals surface area contributed by atoms with E-state index in [0.717, 1.165) is 25.0 Å². The van der Waals surface area contributed by atoms with E-state index >= 15 is 0 Å². The Morgan fingerprint density at radius 3 is 2.65 bits per heavy atom. The molecule has 0 bridgehead atoms. The summed E-state index contributed by atoms with van der Waals surface area (Å²) >= 11 is 0. The number of aromatic nitrogens is 3. The Bertz CT molecular complexity index is 641. The van der Waals surface area contributed by atoms with E-state index in [-0.39, 0.29) is 11.3 Å². The van der Waals surface area contributed by atoms with Gasteiger partial charge in [-0.2, -0.15) is 9.78 Å². The highest BCUT2D eigenvalue weighted by Gasteiger charge is 2.21. The van der Waals surface area contributed by atoms with Crippen molar-refractivity contribution in [3.05, 3.63) is 36.2 Å². The van der Waals surface area contributed by atoms with Crippen LogP contribution in [-0.2, 0) is 10.2 Å². The molecule has 0 saturated carbocycles. The Morgan fingerprint density at radius 1 is 1.26 bits per heavy atom. The SMILES string of the molecule is CCCCCC(=O)Nc1cc(C(C)(C)C)nn1-c1ccccn1. The first-order valence-electron chi connectivity index (χ1n) is 8.23. The molecule has 2 rings (SSSR count). The number of carbonyl (C=O) groups is 1. The summed E-state index contributed by atoms with van der Waals surface area (Å²) in [6.45, 7) is 8.44.